The van der Waals surface area contributed by atoms with Gasteiger partial charge in [0.25, 0.3) is 0 Å². The van der Waals surface area contributed by atoms with Gasteiger partial charge in [0.15, 0.2) is 0 Å². The van der Waals surface area contributed by atoms with Gasteiger partial charge >= 0.3 is 6.61 Å². The Morgan fingerprint density at radius 3 is 2.24 bits per heavy atom. The second kappa shape index (κ2) is 10.5. The molecule has 2 aromatic carbocycles. The number of benzene rings is 2. The van der Waals surface area contributed by atoms with Crippen LogP contribution < -0.4 is 4.74 Å². The fourth-order valence-electron chi connectivity index (χ4n) is 3.32. The van der Waals surface area contributed by atoms with Crippen LogP contribution in [0.15, 0.2) is 71.8 Å². The molecular formula is C23H22F2N4O3S. The van der Waals surface area contributed by atoms with Crippen molar-refractivity contribution in [3.63, 3.8) is 0 Å². The third kappa shape index (κ3) is 6.10. The number of β-lactam (4-membered cyclic amide) rings is 1. The first-order chi connectivity index (χ1) is 16.0. The minimum atomic E-state index is -2.84. The number of aromatic nitrogens is 2. The summed E-state index contributed by atoms with van der Waals surface area (Å²) in [6.45, 7) is -1.18. The molecule has 0 atom stereocenters. The number of hydrogen-bond acceptors (Lipinski definition) is 5. The second-order valence-corrected chi connectivity index (χ2v) is 8.44. The quantitative estimate of drug-likeness (QED) is 0.511. The van der Waals surface area contributed by atoms with Crippen molar-refractivity contribution in [3.05, 3.63) is 78.1 Å². The molecule has 0 bridgehead atoms. The number of hydrogen-bond donors (Lipinski definition) is 0. The van der Waals surface area contributed by atoms with Gasteiger partial charge in [-0.3, -0.25) is 9.59 Å². The Morgan fingerprint density at radius 2 is 1.73 bits per heavy atom. The van der Waals surface area contributed by atoms with E-state index >= 15 is 0 Å². The largest absolute Gasteiger partial charge is 0.435 e. The zero-order chi connectivity index (χ0) is 23.2. The van der Waals surface area contributed by atoms with Gasteiger partial charge in [-0.2, -0.15) is 13.9 Å². The number of carbonyl (C=O) groups excluding carboxylic acids is 2. The summed E-state index contributed by atoms with van der Waals surface area (Å²) in [5.41, 5.74) is 1.78. The lowest BCUT2D eigenvalue weighted by Gasteiger charge is -2.31. The highest BCUT2D eigenvalue weighted by Crippen LogP contribution is 2.28. The monoisotopic (exact) mass is 472 g/mol. The molecule has 3 heterocycles. The van der Waals surface area contributed by atoms with Gasteiger partial charge < -0.3 is 14.5 Å². The van der Waals surface area contributed by atoms with Gasteiger partial charge in [-0.25, -0.2) is 4.09 Å². The van der Waals surface area contributed by atoms with Crippen LogP contribution in [0, 0.1) is 0 Å². The van der Waals surface area contributed by atoms with Crippen LogP contribution in [0.2, 0.25) is 0 Å². The molecule has 0 unspecified atom stereocenters. The summed E-state index contributed by atoms with van der Waals surface area (Å²) in [5, 5.41) is 4.47. The molecule has 0 spiro atoms. The molecule has 0 N–H and O–H groups in total. The van der Waals surface area contributed by atoms with E-state index in [4.69, 9.17) is 0 Å². The topological polar surface area (TPSA) is 67.7 Å². The van der Waals surface area contributed by atoms with E-state index in [0.717, 1.165) is 16.2 Å². The van der Waals surface area contributed by atoms with E-state index in [1.807, 2.05) is 42.6 Å². The Hall–Kier alpha value is -3.40. The molecule has 0 saturated carbocycles. The smallest absolute Gasteiger partial charge is 0.387 e. The summed E-state index contributed by atoms with van der Waals surface area (Å²) in [4.78, 5) is 27.7. The van der Waals surface area contributed by atoms with Gasteiger partial charge in [-0.1, -0.05) is 36.4 Å². The minimum absolute atomic E-state index is 0.0202. The zero-order valence-corrected chi connectivity index (χ0v) is 18.5. The molecule has 0 aliphatic carbocycles. The fraction of sp³-hybridized carbons (Fsp3) is 0.261. The lowest BCUT2D eigenvalue weighted by atomic mass is 10.2. The Labute approximate surface area is 194 Å². The molecule has 5 rings (SSSR count). The van der Waals surface area contributed by atoms with Crippen molar-refractivity contribution < 1.29 is 23.1 Å². The first-order valence-electron chi connectivity index (χ1n) is 10.3. The molecule has 10 heteroatoms. The number of alkyl halides is 2. The molecule has 33 heavy (non-hydrogen) atoms. The van der Waals surface area contributed by atoms with Crippen molar-refractivity contribution in [3.8, 4) is 5.75 Å². The highest BCUT2D eigenvalue weighted by molar-refractivity contribution is 7.97. The Bertz CT molecular complexity index is 1040. The van der Waals surface area contributed by atoms with Gasteiger partial charge in [0.05, 0.1) is 18.8 Å². The molecular weight excluding hydrogens is 450 g/mol. The molecule has 172 valence electrons. The Morgan fingerprint density at radius 1 is 1.06 bits per heavy atom. The predicted molar refractivity (Wildman–Crippen MR) is 118 cm³/mol. The SMILES string of the molecule is O=C1CCN1CC(=O)N1Cc2cn(Sc3ccc(OC(F)F)cc3)nc2C1.c1ccccc1. The van der Waals surface area contributed by atoms with Crippen molar-refractivity contribution in [2.24, 2.45) is 0 Å². The summed E-state index contributed by atoms with van der Waals surface area (Å²) < 4.78 is 30.4. The molecule has 7 nitrogen and oxygen atoms in total. The maximum atomic E-state index is 12.3. The summed E-state index contributed by atoms with van der Waals surface area (Å²) in [6, 6.07) is 18.3. The summed E-state index contributed by atoms with van der Waals surface area (Å²) >= 11 is 1.34. The average Bonchev–Trinajstić information content (AvgIpc) is 3.38. The molecule has 2 aliphatic rings. The number of amides is 2. The van der Waals surface area contributed by atoms with Gasteiger partial charge in [-0.15, -0.1) is 0 Å². The number of halogens is 2. The first-order valence-corrected chi connectivity index (χ1v) is 11.1. The van der Waals surface area contributed by atoms with Crippen LogP contribution in [0.3, 0.4) is 0 Å². The van der Waals surface area contributed by atoms with Crippen LogP contribution in [-0.4, -0.2) is 50.5 Å². The van der Waals surface area contributed by atoms with Crippen LogP contribution in [0.1, 0.15) is 17.7 Å². The third-order valence-corrected chi connectivity index (χ3v) is 5.96. The average molecular weight is 473 g/mol. The van der Waals surface area contributed by atoms with Gasteiger partial charge in [0.2, 0.25) is 11.8 Å². The Balaban J connectivity index is 0.000000376. The highest BCUT2D eigenvalue weighted by Gasteiger charge is 2.31. The standard InChI is InChI=1S/C17H16F2N4O3S.C6H6/c18-17(19)26-12-1-3-13(4-2-12)27-23-8-11-7-22(9-14(11)20-23)16(25)10-21-6-5-15(21)24;1-2-4-6-5-3-1/h1-4,8,17H,5-7,9-10H2;1-6H. The van der Waals surface area contributed by atoms with E-state index in [0.29, 0.717) is 26.1 Å². The molecule has 2 amide bonds. The number of carbonyl (C=O) groups is 2. The lowest BCUT2D eigenvalue weighted by Crippen LogP contribution is -2.48. The molecule has 3 aromatic rings. The zero-order valence-electron chi connectivity index (χ0n) is 17.6. The summed E-state index contributed by atoms with van der Waals surface area (Å²) in [5.74, 6) is 0.0499. The van der Waals surface area contributed by atoms with E-state index in [-0.39, 0.29) is 24.1 Å². The fourth-order valence-corrected chi connectivity index (χ4v) is 4.11. The van der Waals surface area contributed by atoms with E-state index in [2.05, 4.69) is 9.84 Å². The lowest BCUT2D eigenvalue weighted by molar-refractivity contribution is -0.147. The van der Waals surface area contributed by atoms with Gasteiger partial charge in [0, 0.05) is 48.1 Å². The molecule has 2 aliphatic heterocycles. The molecule has 1 aromatic heterocycles. The van der Waals surface area contributed by atoms with Crippen molar-refractivity contribution in [1.29, 1.82) is 0 Å². The first kappa shape index (κ1) is 22.8. The number of rotatable bonds is 6. The second-order valence-electron chi connectivity index (χ2n) is 7.41. The predicted octanol–water partition coefficient (Wildman–Crippen LogP) is 3.80. The van der Waals surface area contributed by atoms with Gasteiger partial charge in [-0.05, 0) is 24.3 Å². The third-order valence-electron chi connectivity index (χ3n) is 5.10. The maximum absolute atomic E-state index is 12.3. The van der Waals surface area contributed by atoms with Crippen molar-refractivity contribution in [2.75, 3.05) is 13.1 Å². The van der Waals surface area contributed by atoms with Crippen LogP contribution in [0.25, 0.3) is 0 Å². The van der Waals surface area contributed by atoms with Gasteiger partial charge in [0.1, 0.15) is 5.75 Å². The van der Waals surface area contributed by atoms with Crippen LogP contribution in [0.4, 0.5) is 8.78 Å². The number of fused-ring (bicyclic) bond motifs is 1. The van der Waals surface area contributed by atoms with E-state index in [1.54, 1.807) is 26.0 Å². The highest BCUT2D eigenvalue weighted by atomic mass is 32.2. The van der Waals surface area contributed by atoms with E-state index in [1.165, 1.54) is 24.1 Å². The normalized spacial score (nSPS) is 14.5. The van der Waals surface area contributed by atoms with E-state index < -0.39 is 6.61 Å². The van der Waals surface area contributed by atoms with Crippen LogP contribution in [-0.2, 0) is 22.7 Å². The molecule has 1 fully saturated rings. The Kier molecular flexibility index (Phi) is 7.23. The van der Waals surface area contributed by atoms with E-state index in [9.17, 15) is 18.4 Å². The van der Waals surface area contributed by atoms with Crippen molar-refractivity contribution >= 4 is 23.8 Å². The number of ether oxygens (including phenoxy) is 1. The number of likely N-dealkylation sites (tertiary alicyclic amines) is 1. The molecule has 0 radical (unpaired) electrons. The number of nitrogens with zero attached hydrogens (tertiary/aromatic N) is 4. The minimum Gasteiger partial charge on any atom is -0.435 e. The summed E-state index contributed by atoms with van der Waals surface area (Å²) in [6.07, 6.45) is 2.37. The molecule has 1 saturated heterocycles. The van der Waals surface area contributed by atoms with Crippen LogP contribution in [0.5, 0.6) is 5.75 Å². The van der Waals surface area contributed by atoms with Crippen LogP contribution >= 0.6 is 11.9 Å². The summed E-state index contributed by atoms with van der Waals surface area (Å²) in [7, 11) is 0. The maximum Gasteiger partial charge on any atom is 0.387 e. The van der Waals surface area contributed by atoms with Crippen molar-refractivity contribution in [1.82, 2.24) is 19.0 Å². The van der Waals surface area contributed by atoms with Crippen molar-refractivity contribution in [2.45, 2.75) is 31.0 Å².